The van der Waals surface area contributed by atoms with E-state index in [2.05, 4.69) is 5.32 Å². The number of alkyl halides is 3. The van der Waals surface area contributed by atoms with Crippen molar-refractivity contribution in [3.8, 4) is 0 Å². The third-order valence-electron chi connectivity index (χ3n) is 2.43. The minimum absolute atomic E-state index is 0.0239. The number of rotatable bonds is 7. The molecule has 0 atom stereocenters. The largest absolute Gasteiger partial charge is 0.389 e. The van der Waals surface area contributed by atoms with E-state index in [-0.39, 0.29) is 13.0 Å². The Morgan fingerprint density at radius 2 is 2.11 bits per heavy atom. The Bertz CT molecular complexity index is 363. The zero-order valence-electron chi connectivity index (χ0n) is 10.6. The van der Waals surface area contributed by atoms with Crippen LogP contribution >= 0.6 is 11.3 Å². The van der Waals surface area contributed by atoms with Gasteiger partial charge < -0.3 is 10.1 Å². The highest BCUT2D eigenvalue weighted by Crippen LogP contribution is 2.23. The van der Waals surface area contributed by atoms with E-state index in [9.17, 15) is 13.2 Å². The average Bonchev–Trinajstić information content (AvgIpc) is 2.58. The van der Waals surface area contributed by atoms with Crippen molar-refractivity contribution in [3.63, 3.8) is 0 Å². The van der Waals surface area contributed by atoms with Crippen LogP contribution in [0.15, 0.2) is 6.07 Å². The highest BCUT2D eigenvalue weighted by molar-refractivity contribution is 7.12. The molecule has 0 aromatic carbocycles. The van der Waals surface area contributed by atoms with E-state index in [4.69, 9.17) is 4.74 Å². The molecule has 1 rings (SSSR count). The second kappa shape index (κ2) is 7.11. The van der Waals surface area contributed by atoms with Gasteiger partial charge in [0.2, 0.25) is 0 Å². The summed E-state index contributed by atoms with van der Waals surface area (Å²) in [6, 6.07) is 2.04. The van der Waals surface area contributed by atoms with E-state index >= 15 is 0 Å². The topological polar surface area (TPSA) is 21.3 Å². The van der Waals surface area contributed by atoms with Crippen LogP contribution in [0.2, 0.25) is 0 Å². The first-order valence-corrected chi connectivity index (χ1v) is 6.61. The average molecular weight is 281 g/mol. The number of aryl methyl sites for hydroxylation is 1. The zero-order valence-corrected chi connectivity index (χ0v) is 11.4. The van der Waals surface area contributed by atoms with Crippen LogP contribution in [0.3, 0.4) is 0 Å². The summed E-state index contributed by atoms with van der Waals surface area (Å²) < 4.78 is 41.0. The summed E-state index contributed by atoms with van der Waals surface area (Å²) in [6.45, 7) is 3.35. The Hall–Kier alpha value is -0.590. The number of nitrogens with one attached hydrogen (secondary N) is 1. The molecule has 6 heteroatoms. The lowest BCUT2D eigenvalue weighted by Crippen LogP contribution is -2.08. The van der Waals surface area contributed by atoms with Crippen molar-refractivity contribution < 1.29 is 17.9 Å². The Morgan fingerprint density at radius 1 is 1.39 bits per heavy atom. The smallest absolute Gasteiger partial charge is 0.377 e. The molecule has 1 heterocycles. The van der Waals surface area contributed by atoms with Gasteiger partial charge in [-0.05, 0) is 32.0 Å². The lowest BCUT2D eigenvalue weighted by atomic mass is 10.2. The third kappa shape index (κ3) is 5.84. The Kier molecular flexibility index (Phi) is 6.11. The molecule has 0 unspecified atom stereocenters. The Morgan fingerprint density at radius 3 is 2.72 bits per heavy atom. The molecule has 1 N–H and O–H groups in total. The zero-order chi connectivity index (χ0) is 13.6. The molecular weight excluding hydrogens is 263 g/mol. The van der Waals surface area contributed by atoms with Gasteiger partial charge in [-0.15, -0.1) is 11.3 Å². The molecule has 0 aliphatic rings. The maximum Gasteiger partial charge on any atom is 0.389 e. The number of halogens is 3. The molecule has 0 radical (unpaired) electrons. The fraction of sp³-hybridized carbons (Fsp3) is 0.667. The van der Waals surface area contributed by atoms with Crippen LogP contribution < -0.4 is 5.32 Å². The van der Waals surface area contributed by atoms with Crippen molar-refractivity contribution in [1.29, 1.82) is 0 Å². The number of hydrogen-bond donors (Lipinski definition) is 1. The SMILES string of the molecule is CNCc1cc(COCCCC(F)(F)F)c(C)s1. The summed E-state index contributed by atoms with van der Waals surface area (Å²) >= 11 is 1.68. The summed E-state index contributed by atoms with van der Waals surface area (Å²) in [6.07, 6.45) is -4.84. The minimum Gasteiger partial charge on any atom is -0.377 e. The van der Waals surface area contributed by atoms with Gasteiger partial charge in [0.25, 0.3) is 0 Å². The fourth-order valence-electron chi connectivity index (χ4n) is 1.55. The van der Waals surface area contributed by atoms with Crippen LogP contribution in [0.1, 0.15) is 28.2 Å². The van der Waals surface area contributed by atoms with E-state index in [1.165, 1.54) is 4.88 Å². The predicted octanol–water partition coefficient (Wildman–Crippen LogP) is 3.64. The molecule has 2 nitrogen and oxygen atoms in total. The summed E-state index contributed by atoms with van der Waals surface area (Å²) in [5, 5.41) is 3.06. The quantitative estimate of drug-likeness (QED) is 0.771. The van der Waals surface area contributed by atoms with Gasteiger partial charge in [0.1, 0.15) is 0 Å². The molecule has 0 bridgehead atoms. The third-order valence-corrected chi connectivity index (χ3v) is 3.52. The lowest BCUT2D eigenvalue weighted by Gasteiger charge is -2.06. The van der Waals surface area contributed by atoms with Gasteiger partial charge in [-0.25, -0.2) is 0 Å². The number of ether oxygens (including phenoxy) is 1. The molecule has 0 aliphatic heterocycles. The minimum atomic E-state index is -4.08. The number of thiophene rings is 1. The van der Waals surface area contributed by atoms with Crippen molar-refractivity contribution in [3.05, 3.63) is 21.4 Å². The van der Waals surface area contributed by atoms with Crippen LogP contribution in [0.25, 0.3) is 0 Å². The van der Waals surface area contributed by atoms with Crippen molar-refractivity contribution in [2.24, 2.45) is 0 Å². The summed E-state index contributed by atoms with van der Waals surface area (Å²) in [4.78, 5) is 2.37. The van der Waals surface area contributed by atoms with Gasteiger partial charge in [0.05, 0.1) is 6.61 Å². The molecule has 18 heavy (non-hydrogen) atoms. The highest BCUT2D eigenvalue weighted by atomic mass is 32.1. The summed E-state index contributed by atoms with van der Waals surface area (Å²) in [5.74, 6) is 0. The van der Waals surface area contributed by atoms with Gasteiger partial charge in [-0.3, -0.25) is 0 Å². The molecule has 1 aromatic rings. The lowest BCUT2D eigenvalue weighted by molar-refractivity contribution is -0.138. The Labute approximate surface area is 109 Å². The van der Waals surface area contributed by atoms with E-state index in [1.54, 1.807) is 11.3 Å². The molecular formula is C12H18F3NOS. The fourth-order valence-corrected chi connectivity index (χ4v) is 2.61. The first-order chi connectivity index (χ1) is 8.42. The van der Waals surface area contributed by atoms with E-state index in [0.717, 1.165) is 17.0 Å². The molecule has 0 amide bonds. The highest BCUT2D eigenvalue weighted by Gasteiger charge is 2.25. The molecule has 104 valence electrons. The summed E-state index contributed by atoms with van der Waals surface area (Å²) in [7, 11) is 1.88. The molecule has 0 fully saturated rings. The van der Waals surface area contributed by atoms with E-state index in [0.29, 0.717) is 6.61 Å². The first-order valence-electron chi connectivity index (χ1n) is 5.79. The van der Waals surface area contributed by atoms with E-state index in [1.807, 2.05) is 20.0 Å². The van der Waals surface area contributed by atoms with Gasteiger partial charge in [-0.2, -0.15) is 13.2 Å². The van der Waals surface area contributed by atoms with E-state index < -0.39 is 12.6 Å². The summed E-state index contributed by atoms with van der Waals surface area (Å²) in [5.41, 5.74) is 1.07. The van der Waals surface area contributed by atoms with Crippen LogP contribution in [0.5, 0.6) is 0 Å². The monoisotopic (exact) mass is 281 g/mol. The van der Waals surface area contributed by atoms with Crippen molar-refractivity contribution in [2.45, 2.75) is 39.1 Å². The molecule has 1 aromatic heterocycles. The molecule has 0 saturated carbocycles. The number of hydrogen-bond acceptors (Lipinski definition) is 3. The van der Waals surface area contributed by atoms with Gasteiger partial charge in [0, 0.05) is 29.3 Å². The van der Waals surface area contributed by atoms with Crippen LogP contribution in [0.4, 0.5) is 13.2 Å². The van der Waals surface area contributed by atoms with Gasteiger partial charge >= 0.3 is 6.18 Å². The van der Waals surface area contributed by atoms with Crippen molar-refractivity contribution >= 4 is 11.3 Å². The normalized spacial score (nSPS) is 12.1. The standard InChI is InChI=1S/C12H18F3NOS/c1-9-10(6-11(18-9)7-16-2)8-17-5-3-4-12(13,14)15/h6,16H,3-5,7-8H2,1-2H3. The van der Waals surface area contributed by atoms with Crippen LogP contribution in [-0.4, -0.2) is 19.8 Å². The van der Waals surface area contributed by atoms with Crippen LogP contribution in [-0.2, 0) is 17.9 Å². The predicted molar refractivity (Wildman–Crippen MR) is 66.8 cm³/mol. The maximum absolute atomic E-state index is 11.9. The van der Waals surface area contributed by atoms with Gasteiger partial charge in [-0.1, -0.05) is 0 Å². The second-order valence-corrected chi connectivity index (χ2v) is 5.44. The van der Waals surface area contributed by atoms with Crippen molar-refractivity contribution in [1.82, 2.24) is 5.32 Å². The second-order valence-electron chi connectivity index (χ2n) is 4.10. The molecule has 0 spiro atoms. The first kappa shape index (κ1) is 15.5. The van der Waals surface area contributed by atoms with Gasteiger partial charge in [0.15, 0.2) is 0 Å². The molecule has 0 aliphatic carbocycles. The van der Waals surface area contributed by atoms with Crippen molar-refractivity contribution in [2.75, 3.05) is 13.7 Å². The molecule has 0 saturated heterocycles. The Balaban J connectivity index is 2.27. The maximum atomic E-state index is 11.9. The van der Waals surface area contributed by atoms with Crippen LogP contribution in [0, 0.1) is 6.92 Å².